The zero-order valence-corrected chi connectivity index (χ0v) is 9.22. The highest BCUT2D eigenvalue weighted by Gasteiger charge is 2.42. The highest BCUT2D eigenvalue weighted by Crippen LogP contribution is 2.46. The van der Waals surface area contributed by atoms with E-state index in [1.807, 2.05) is 0 Å². The summed E-state index contributed by atoms with van der Waals surface area (Å²) in [5.74, 6) is -1.05. The Hall–Kier alpha value is -1.16. The van der Waals surface area contributed by atoms with E-state index in [9.17, 15) is 8.78 Å². The van der Waals surface area contributed by atoms with Gasteiger partial charge in [-0.25, -0.2) is 8.78 Å². The van der Waals surface area contributed by atoms with E-state index in [2.05, 4.69) is 0 Å². The van der Waals surface area contributed by atoms with Gasteiger partial charge in [0, 0.05) is 17.5 Å². The Morgan fingerprint density at radius 3 is 2.50 bits per heavy atom. The standard InChI is InChI=1S/C12H15F2NO/c1-16-9-4-3-8(13)10(11(9)14)12(7-15)5-2-6-12/h3-4H,2,5-7,15H2,1H3. The average molecular weight is 227 g/mol. The van der Waals surface area contributed by atoms with Crippen LogP contribution in [0.25, 0.3) is 0 Å². The first-order valence-electron chi connectivity index (χ1n) is 5.37. The Kier molecular flexibility index (Phi) is 2.84. The second-order valence-corrected chi connectivity index (χ2v) is 4.28. The number of rotatable bonds is 3. The molecular weight excluding hydrogens is 212 g/mol. The Morgan fingerprint density at radius 1 is 1.38 bits per heavy atom. The summed E-state index contributed by atoms with van der Waals surface area (Å²) in [4.78, 5) is 0. The minimum Gasteiger partial charge on any atom is -0.494 e. The third-order valence-electron chi connectivity index (χ3n) is 3.51. The lowest BCUT2D eigenvalue weighted by Crippen LogP contribution is -2.43. The molecule has 0 amide bonds. The normalized spacial score (nSPS) is 18.0. The van der Waals surface area contributed by atoms with Gasteiger partial charge in [0.2, 0.25) is 0 Å². The fraction of sp³-hybridized carbons (Fsp3) is 0.500. The van der Waals surface area contributed by atoms with Crippen LogP contribution in [0.1, 0.15) is 24.8 Å². The summed E-state index contributed by atoms with van der Waals surface area (Å²) in [6.07, 6.45) is 2.45. The lowest BCUT2D eigenvalue weighted by atomic mass is 9.64. The topological polar surface area (TPSA) is 35.2 Å². The van der Waals surface area contributed by atoms with Crippen LogP contribution in [0.3, 0.4) is 0 Å². The number of nitrogens with two attached hydrogens (primary N) is 1. The van der Waals surface area contributed by atoms with Gasteiger partial charge in [0.25, 0.3) is 0 Å². The van der Waals surface area contributed by atoms with Crippen LogP contribution in [-0.2, 0) is 5.41 Å². The van der Waals surface area contributed by atoms with Crippen molar-refractivity contribution >= 4 is 0 Å². The minimum atomic E-state index is -0.604. The number of benzene rings is 1. The molecule has 0 bridgehead atoms. The summed E-state index contributed by atoms with van der Waals surface area (Å²) < 4.78 is 32.6. The molecule has 2 nitrogen and oxygen atoms in total. The maximum atomic E-state index is 14.0. The van der Waals surface area contributed by atoms with Gasteiger partial charge in [-0.2, -0.15) is 0 Å². The summed E-state index contributed by atoms with van der Waals surface area (Å²) in [6.45, 7) is 0.272. The molecular formula is C12H15F2NO. The predicted molar refractivity (Wildman–Crippen MR) is 57.5 cm³/mol. The largest absolute Gasteiger partial charge is 0.494 e. The Bertz CT molecular complexity index is 397. The molecule has 2 N–H and O–H groups in total. The zero-order chi connectivity index (χ0) is 11.8. The molecule has 0 saturated heterocycles. The van der Waals surface area contributed by atoms with Crippen LogP contribution in [0, 0.1) is 11.6 Å². The first kappa shape index (κ1) is 11.3. The lowest BCUT2D eigenvalue weighted by Gasteiger charge is -2.41. The van der Waals surface area contributed by atoms with Crippen molar-refractivity contribution in [2.24, 2.45) is 5.73 Å². The van der Waals surface area contributed by atoms with E-state index in [4.69, 9.17) is 10.5 Å². The van der Waals surface area contributed by atoms with Gasteiger partial charge >= 0.3 is 0 Å². The molecule has 1 fully saturated rings. The molecule has 0 aliphatic heterocycles. The maximum Gasteiger partial charge on any atom is 0.171 e. The van der Waals surface area contributed by atoms with E-state index < -0.39 is 17.0 Å². The summed E-state index contributed by atoms with van der Waals surface area (Å²) in [5.41, 5.74) is 5.23. The van der Waals surface area contributed by atoms with E-state index in [1.54, 1.807) is 0 Å². The highest BCUT2D eigenvalue weighted by molar-refractivity contribution is 5.39. The monoisotopic (exact) mass is 227 g/mol. The van der Waals surface area contributed by atoms with Gasteiger partial charge in [-0.1, -0.05) is 6.42 Å². The fourth-order valence-electron chi connectivity index (χ4n) is 2.34. The molecule has 0 spiro atoms. The molecule has 1 aliphatic rings. The van der Waals surface area contributed by atoms with E-state index in [0.717, 1.165) is 19.3 Å². The SMILES string of the molecule is COc1ccc(F)c(C2(CN)CCC2)c1F. The van der Waals surface area contributed by atoms with Crippen LogP contribution in [0.15, 0.2) is 12.1 Å². The van der Waals surface area contributed by atoms with Crippen LogP contribution in [0.5, 0.6) is 5.75 Å². The van der Waals surface area contributed by atoms with Gasteiger partial charge in [0.1, 0.15) is 5.82 Å². The molecule has 1 aliphatic carbocycles. The third-order valence-corrected chi connectivity index (χ3v) is 3.51. The molecule has 4 heteroatoms. The molecule has 0 heterocycles. The van der Waals surface area contributed by atoms with Crippen LogP contribution in [0.4, 0.5) is 8.78 Å². The number of hydrogen-bond donors (Lipinski definition) is 1. The molecule has 1 aromatic rings. The maximum absolute atomic E-state index is 14.0. The van der Waals surface area contributed by atoms with E-state index >= 15 is 0 Å². The summed E-state index contributed by atoms with van der Waals surface area (Å²) in [5, 5.41) is 0. The van der Waals surface area contributed by atoms with Crippen LogP contribution in [-0.4, -0.2) is 13.7 Å². The second-order valence-electron chi connectivity index (χ2n) is 4.28. The Balaban J connectivity index is 2.54. The highest BCUT2D eigenvalue weighted by atomic mass is 19.1. The predicted octanol–water partition coefficient (Wildman–Crippen LogP) is 2.35. The zero-order valence-electron chi connectivity index (χ0n) is 9.22. The van der Waals surface area contributed by atoms with Gasteiger partial charge in [0.05, 0.1) is 7.11 Å². The Labute approximate surface area is 93.4 Å². The van der Waals surface area contributed by atoms with Crippen molar-refractivity contribution in [2.75, 3.05) is 13.7 Å². The molecule has 0 radical (unpaired) electrons. The third kappa shape index (κ3) is 1.48. The van der Waals surface area contributed by atoms with E-state index in [-0.39, 0.29) is 17.9 Å². The van der Waals surface area contributed by atoms with Crippen molar-refractivity contribution in [1.29, 1.82) is 0 Å². The fourth-order valence-corrected chi connectivity index (χ4v) is 2.34. The average Bonchev–Trinajstić information content (AvgIpc) is 2.22. The first-order chi connectivity index (χ1) is 7.64. The summed E-state index contributed by atoms with van der Waals surface area (Å²) >= 11 is 0. The van der Waals surface area contributed by atoms with Gasteiger partial charge in [-0.3, -0.25) is 0 Å². The van der Waals surface area contributed by atoms with Crippen LogP contribution >= 0.6 is 0 Å². The van der Waals surface area contributed by atoms with Crippen molar-refractivity contribution in [2.45, 2.75) is 24.7 Å². The smallest absolute Gasteiger partial charge is 0.171 e. The second kappa shape index (κ2) is 4.01. The summed E-state index contributed by atoms with van der Waals surface area (Å²) in [6, 6.07) is 2.55. The van der Waals surface area contributed by atoms with Gasteiger partial charge in [0.15, 0.2) is 11.6 Å². The summed E-state index contributed by atoms with van der Waals surface area (Å²) in [7, 11) is 1.37. The van der Waals surface area contributed by atoms with Crippen LogP contribution < -0.4 is 10.5 Å². The molecule has 0 unspecified atom stereocenters. The number of halogens is 2. The van der Waals surface area contributed by atoms with Crippen molar-refractivity contribution in [3.05, 3.63) is 29.3 Å². The Morgan fingerprint density at radius 2 is 2.06 bits per heavy atom. The van der Waals surface area contributed by atoms with Gasteiger partial charge in [-0.15, -0.1) is 0 Å². The molecule has 16 heavy (non-hydrogen) atoms. The lowest BCUT2D eigenvalue weighted by molar-refractivity contribution is 0.232. The van der Waals surface area contributed by atoms with Crippen molar-refractivity contribution < 1.29 is 13.5 Å². The minimum absolute atomic E-state index is 0.0797. The van der Waals surface area contributed by atoms with Crippen molar-refractivity contribution in [3.8, 4) is 5.75 Å². The molecule has 88 valence electrons. The molecule has 1 saturated carbocycles. The van der Waals surface area contributed by atoms with Crippen molar-refractivity contribution in [1.82, 2.24) is 0 Å². The van der Waals surface area contributed by atoms with E-state index in [1.165, 1.54) is 19.2 Å². The number of methoxy groups -OCH3 is 1. The quantitative estimate of drug-likeness (QED) is 0.860. The van der Waals surface area contributed by atoms with E-state index in [0.29, 0.717) is 0 Å². The molecule has 0 atom stereocenters. The van der Waals surface area contributed by atoms with Crippen molar-refractivity contribution in [3.63, 3.8) is 0 Å². The molecule has 1 aromatic carbocycles. The molecule has 0 aromatic heterocycles. The number of ether oxygens (including phenoxy) is 1. The van der Waals surface area contributed by atoms with Gasteiger partial charge < -0.3 is 10.5 Å². The van der Waals surface area contributed by atoms with Crippen LogP contribution in [0.2, 0.25) is 0 Å². The first-order valence-corrected chi connectivity index (χ1v) is 5.37. The molecule has 2 rings (SSSR count). The number of hydrogen-bond acceptors (Lipinski definition) is 2. The van der Waals surface area contributed by atoms with Gasteiger partial charge in [-0.05, 0) is 25.0 Å².